The fourth-order valence-electron chi connectivity index (χ4n) is 7.63. The average molecular weight is 822 g/mol. The van der Waals surface area contributed by atoms with Gasteiger partial charge in [-0.2, -0.15) is 10.2 Å². The Balaban J connectivity index is 0.806. The molecule has 2 aromatic heterocycles. The van der Waals surface area contributed by atoms with Gasteiger partial charge in [0, 0.05) is 55.2 Å². The Bertz CT molecular complexity index is 2350. The molecule has 2 saturated heterocycles. The van der Waals surface area contributed by atoms with Gasteiger partial charge in [-0.25, -0.2) is 32.5 Å². The minimum atomic E-state index is -1.52. The largest absolute Gasteiger partial charge is 0.491 e. The molecule has 0 saturated carbocycles. The summed E-state index contributed by atoms with van der Waals surface area (Å²) in [5.41, 5.74) is 10.2. The van der Waals surface area contributed by atoms with Crippen molar-refractivity contribution in [2.45, 2.75) is 56.9 Å². The first-order valence-corrected chi connectivity index (χ1v) is 20.1. The van der Waals surface area contributed by atoms with Crippen molar-refractivity contribution in [1.29, 1.82) is 0 Å². The molecule has 0 amide bonds. The molecule has 5 unspecified atom stereocenters. The zero-order valence-electron chi connectivity index (χ0n) is 33.6. The molecule has 2 N–H and O–H groups in total. The summed E-state index contributed by atoms with van der Waals surface area (Å²) < 4.78 is 57.6. The van der Waals surface area contributed by atoms with Gasteiger partial charge in [0.25, 0.3) is 0 Å². The molecule has 4 heterocycles. The van der Waals surface area contributed by atoms with Crippen LogP contribution in [0.3, 0.4) is 0 Å². The molecule has 314 valence electrons. The maximum atomic E-state index is 14.9. The SMILES string of the molecule is CC(OCC(N)Cc1ccccc1)C(C)n1ncn(-c2ccc(N3CCN(c4ccc(OCC5COC(Cn6cncn6)(c6ccc(F)cc6F)O5)cc4)CC3)cc2)c1=O. The Morgan fingerprint density at radius 2 is 1.55 bits per heavy atom. The van der Waals surface area contributed by atoms with E-state index >= 15 is 0 Å². The van der Waals surface area contributed by atoms with Gasteiger partial charge in [-0.1, -0.05) is 30.3 Å². The van der Waals surface area contributed by atoms with Gasteiger partial charge in [-0.15, -0.1) is 0 Å². The predicted octanol–water partition coefficient (Wildman–Crippen LogP) is 5.11. The number of ether oxygens (including phenoxy) is 4. The second-order valence-electron chi connectivity index (χ2n) is 15.3. The van der Waals surface area contributed by atoms with Crippen LogP contribution >= 0.6 is 0 Å². The number of hydrogen-bond donors (Lipinski definition) is 1. The number of rotatable bonds is 16. The fourth-order valence-corrected chi connectivity index (χ4v) is 7.63. The molecule has 0 aliphatic carbocycles. The van der Waals surface area contributed by atoms with E-state index in [1.54, 1.807) is 10.9 Å². The van der Waals surface area contributed by atoms with Gasteiger partial charge in [0.15, 0.2) is 0 Å². The van der Waals surface area contributed by atoms with Gasteiger partial charge in [0.1, 0.15) is 55.6 Å². The maximum absolute atomic E-state index is 14.9. The van der Waals surface area contributed by atoms with E-state index in [4.69, 9.17) is 24.7 Å². The highest BCUT2D eigenvalue weighted by Crippen LogP contribution is 2.38. The van der Waals surface area contributed by atoms with Crippen molar-refractivity contribution in [2.75, 3.05) is 55.8 Å². The van der Waals surface area contributed by atoms with E-state index < -0.39 is 23.5 Å². The van der Waals surface area contributed by atoms with E-state index in [2.05, 4.69) is 37.1 Å². The van der Waals surface area contributed by atoms with Crippen molar-refractivity contribution < 1.29 is 27.7 Å². The molecule has 60 heavy (non-hydrogen) atoms. The Morgan fingerprint density at radius 1 is 0.867 bits per heavy atom. The van der Waals surface area contributed by atoms with E-state index in [0.717, 1.165) is 54.9 Å². The minimum Gasteiger partial charge on any atom is -0.491 e. The molecular formula is C44H49F2N9O5. The Labute approximate surface area is 346 Å². The maximum Gasteiger partial charge on any atom is 0.350 e. The number of halogens is 2. The van der Waals surface area contributed by atoms with Gasteiger partial charge in [-0.3, -0.25) is 0 Å². The highest BCUT2D eigenvalue weighted by atomic mass is 19.1. The average Bonchev–Trinajstić information content (AvgIpc) is 4.03. The molecule has 14 nitrogen and oxygen atoms in total. The molecule has 5 atom stereocenters. The molecule has 2 fully saturated rings. The molecular weight excluding hydrogens is 773 g/mol. The van der Waals surface area contributed by atoms with Crippen molar-refractivity contribution >= 4 is 11.4 Å². The summed E-state index contributed by atoms with van der Waals surface area (Å²) in [5.74, 6) is -2.33. The van der Waals surface area contributed by atoms with Crippen LogP contribution in [-0.2, 0) is 33.0 Å². The predicted molar refractivity (Wildman–Crippen MR) is 221 cm³/mol. The van der Waals surface area contributed by atoms with E-state index in [0.29, 0.717) is 18.8 Å². The highest BCUT2D eigenvalue weighted by molar-refractivity contribution is 5.54. The van der Waals surface area contributed by atoms with Crippen LogP contribution in [-0.4, -0.2) is 93.4 Å². The van der Waals surface area contributed by atoms with E-state index in [1.807, 2.05) is 80.6 Å². The monoisotopic (exact) mass is 821 g/mol. The molecule has 4 aromatic carbocycles. The number of benzene rings is 4. The summed E-state index contributed by atoms with van der Waals surface area (Å²) in [6, 6.07) is 28.8. The lowest BCUT2D eigenvalue weighted by atomic mass is 10.0. The topological polar surface area (TPSA) is 140 Å². The molecule has 2 aliphatic heterocycles. The quantitative estimate of drug-likeness (QED) is 0.139. The van der Waals surface area contributed by atoms with Crippen molar-refractivity contribution in [1.82, 2.24) is 29.1 Å². The smallest absolute Gasteiger partial charge is 0.350 e. The van der Waals surface area contributed by atoms with Gasteiger partial charge >= 0.3 is 5.69 Å². The number of aromatic nitrogens is 6. The van der Waals surface area contributed by atoms with E-state index in [9.17, 15) is 13.6 Å². The van der Waals surface area contributed by atoms with Crippen molar-refractivity contribution in [2.24, 2.45) is 5.73 Å². The second kappa shape index (κ2) is 18.1. The summed E-state index contributed by atoms with van der Waals surface area (Å²) in [5, 5.41) is 8.53. The Kier molecular flexibility index (Phi) is 12.3. The zero-order valence-corrected chi connectivity index (χ0v) is 33.6. The molecule has 0 radical (unpaired) electrons. The molecule has 0 bridgehead atoms. The van der Waals surface area contributed by atoms with Gasteiger partial charge in [0.05, 0.1) is 31.0 Å². The van der Waals surface area contributed by atoms with Crippen molar-refractivity contribution in [3.8, 4) is 11.4 Å². The summed E-state index contributed by atoms with van der Waals surface area (Å²) in [6.45, 7) is 7.86. The van der Waals surface area contributed by atoms with Crippen LogP contribution in [0.5, 0.6) is 5.75 Å². The lowest BCUT2D eigenvalue weighted by Gasteiger charge is -2.37. The number of nitrogens with zero attached hydrogens (tertiary/aromatic N) is 8. The summed E-state index contributed by atoms with van der Waals surface area (Å²) in [6.07, 6.45) is 4.33. The summed E-state index contributed by atoms with van der Waals surface area (Å²) >= 11 is 0. The van der Waals surface area contributed by atoms with Crippen LogP contribution in [0.25, 0.3) is 5.69 Å². The first-order valence-electron chi connectivity index (χ1n) is 20.1. The lowest BCUT2D eigenvalue weighted by molar-refractivity contribution is -0.192. The van der Waals surface area contributed by atoms with Crippen LogP contribution in [0.2, 0.25) is 0 Å². The standard InChI is InChI=1S/C44H49F2N9O5/c1-31(32(2)57-24-35(47)22-33-6-4-3-5-7-33)55-43(56)54(30-50-55)38-11-9-36(10-12-38)51-18-20-52(21-19-51)37-13-15-39(16-14-37)58-25-40-26-59-44(60-40,27-53-29-48-28-49-53)41-17-8-34(45)23-42(41)46/h3-17,23,28-32,35,40H,18-22,24-27,47H2,1-2H3. The van der Waals surface area contributed by atoms with Crippen LogP contribution in [0, 0.1) is 11.6 Å². The second-order valence-corrected chi connectivity index (χ2v) is 15.3. The third-order valence-corrected chi connectivity index (χ3v) is 11.1. The van der Waals surface area contributed by atoms with Crippen LogP contribution < -0.4 is 26.0 Å². The molecule has 8 rings (SSSR count). The van der Waals surface area contributed by atoms with E-state index in [-0.39, 0.29) is 49.2 Å². The van der Waals surface area contributed by atoms with Crippen LogP contribution in [0.1, 0.15) is 31.0 Å². The molecule has 16 heteroatoms. The number of nitrogens with two attached hydrogens (primary N) is 1. The first kappa shape index (κ1) is 40.8. The Morgan fingerprint density at radius 3 is 2.22 bits per heavy atom. The van der Waals surface area contributed by atoms with E-state index in [1.165, 1.54) is 34.2 Å². The number of piperazine rings is 1. The third-order valence-electron chi connectivity index (χ3n) is 11.1. The normalized spacial score (nSPS) is 19.6. The number of hydrogen-bond acceptors (Lipinski definition) is 11. The van der Waals surface area contributed by atoms with Crippen LogP contribution in [0.4, 0.5) is 20.2 Å². The molecule has 2 aliphatic rings. The zero-order chi connectivity index (χ0) is 41.6. The molecule has 0 spiro atoms. The van der Waals surface area contributed by atoms with Gasteiger partial charge in [-0.05, 0) is 86.5 Å². The highest BCUT2D eigenvalue weighted by Gasteiger charge is 2.46. The fraction of sp³-hybridized carbons (Fsp3) is 0.364. The van der Waals surface area contributed by atoms with Crippen molar-refractivity contribution in [3.63, 3.8) is 0 Å². The van der Waals surface area contributed by atoms with Crippen LogP contribution in [0.15, 0.2) is 121 Å². The number of anilines is 2. The van der Waals surface area contributed by atoms with Gasteiger partial charge in [0.2, 0.25) is 5.79 Å². The third kappa shape index (κ3) is 9.26. The first-order chi connectivity index (χ1) is 29.1. The summed E-state index contributed by atoms with van der Waals surface area (Å²) in [4.78, 5) is 22.0. The molecule has 6 aromatic rings. The lowest BCUT2D eigenvalue weighted by Crippen LogP contribution is -2.46. The van der Waals surface area contributed by atoms with Gasteiger partial charge < -0.3 is 34.5 Å². The summed E-state index contributed by atoms with van der Waals surface area (Å²) in [7, 11) is 0. The van der Waals surface area contributed by atoms with Crippen molar-refractivity contribution in [3.05, 3.63) is 149 Å². The Hall–Kier alpha value is -5.94. The minimum absolute atomic E-state index is 0.0240.